The molecule has 3 heterocycles. The summed E-state index contributed by atoms with van der Waals surface area (Å²) in [7, 11) is 0. The van der Waals surface area contributed by atoms with Crippen LogP contribution in [0, 0.1) is 5.92 Å². The number of thioether (sulfide) groups is 1. The van der Waals surface area contributed by atoms with Gasteiger partial charge in [0.05, 0.1) is 26.9 Å². The molecule has 0 atom stereocenters. The Morgan fingerprint density at radius 3 is 2.70 bits per heavy atom. The molecule has 5 rings (SSSR count). The van der Waals surface area contributed by atoms with Gasteiger partial charge in [0.2, 0.25) is 5.78 Å². The van der Waals surface area contributed by atoms with E-state index in [1.165, 1.54) is 4.70 Å². The van der Waals surface area contributed by atoms with E-state index in [0.29, 0.717) is 29.4 Å². The molecule has 8 heteroatoms. The zero-order valence-corrected chi connectivity index (χ0v) is 18.4. The lowest BCUT2D eigenvalue weighted by Crippen LogP contribution is -2.24. The number of aryl methyl sites for hydroxylation is 1. The summed E-state index contributed by atoms with van der Waals surface area (Å²) in [5, 5.41) is 11.4. The Morgan fingerprint density at radius 1 is 1.07 bits per heavy atom. The van der Waals surface area contributed by atoms with E-state index < -0.39 is 0 Å². The fourth-order valence-corrected chi connectivity index (χ4v) is 5.42. The number of nitrogens with zero attached hydrogens (tertiary/aromatic N) is 5. The number of aromatic nitrogens is 5. The molecular formula is C22H21N5OS2. The average molecular weight is 436 g/mol. The predicted molar refractivity (Wildman–Crippen MR) is 123 cm³/mol. The van der Waals surface area contributed by atoms with Crippen LogP contribution in [-0.2, 0) is 12.3 Å². The smallest absolute Gasteiger partial charge is 0.262 e. The molecular weight excluding hydrogens is 414 g/mol. The number of rotatable bonds is 6. The molecule has 2 aromatic carbocycles. The van der Waals surface area contributed by atoms with Crippen molar-refractivity contribution in [2.45, 2.75) is 37.7 Å². The Morgan fingerprint density at radius 2 is 1.87 bits per heavy atom. The first-order valence-corrected chi connectivity index (χ1v) is 11.8. The maximum absolute atomic E-state index is 13.1. The van der Waals surface area contributed by atoms with Crippen LogP contribution in [0.2, 0.25) is 0 Å². The third-order valence-corrected chi connectivity index (χ3v) is 7.23. The van der Waals surface area contributed by atoms with E-state index >= 15 is 0 Å². The lowest BCUT2D eigenvalue weighted by Gasteiger charge is -2.12. The van der Waals surface area contributed by atoms with Gasteiger partial charge in [0.15, 0.2) is 5.16 Å². The second-order valence-corrected chi connectivity index (χ2v) is 9.70. The maximum Gasteiger partial charge on any atom is 0.262 e. The van der Waals surface area contributed by atoms with Gasteiger partial charge in [-0.2, -0.15) is 0 Å². The van der Waals surface area contributed by atoms with Crippen molar-refractivity contribution in [3.8, 4) is 0 Å². The lowest BCUT2D eigenvalue weighted by atomic mass is 10.1. The van der Waals surface area contributed by atoms with Crippen molar-refractivity contribution in [2.75, 3.05) is 0 Å². The third-order valence-electron chi connectivity index (χ3n) is 5.07. The van der Waals surface area contributed by atoms with Gasteiger partial charge >= 0.3 is 0 Å². The fourth-order valence-electron chi connectivity index (χ4n) is 3.52. The van der Waals surface area contributed by atoms with Crippen LogP contribution in [0.15, 0.2) is 58.5 Å². The summed E-state index contributed by atoms with van der Waals surface area (Å²) >= 11 is 3.30. The molecule has 0 radical (unpaired) electrons. The van der Waals surface area contributed by atoms with E-state index in [2.05, 4.69) is 30.1 Å². The van der Waals surface area contributed by atoms with E-state index in [0.717, 1.165) is 27.6 Å². The molecule has 5 aromatic rings. The Kier molecular flexibility index (Phi) is 5.04. The minimum absolute atomic E-state index is 0.00567. The van der Waals surface area contributed by atoms with Crippen molar-refractivity contribution < 1.29 is 0 Å². The molecule has 30 heavy (non-hydrogen) atoms. The van der Waals surface area contributed by atoms with Crippen LogP contribution in [0.25, 0.3) is 26.9 Å². The largest absolute Gasteiger partial charge is 0.276 e. The Hall–Kier alpha value is -2.71. The third kappa shape index (κ3) is 3.40. The number of para-hydroxylation sites is 2. The first kappa shape index (κ1) is 19.3. The molecule has 0 spiro atoms. The Labute approximate surface area is 181 Å². The van der Waals surface area contributed by atoms with Crippen LogP contribution < -0.4 is 5.56 Å². The van der Waals surface area contributed by atoms with Crippen LogP contribution in [0.1, 0.15) is 25.3 Å². The van der Waals surface area contributed by atoms with Crippen LogP contribution in [0.5, 0.6) is 0 Å². The number of thiazole rings is 1. The number of fused-ring (bicyclic) bond motifs is 4. The summed E-state index contributed by atoms with van der Waals surface area (Å²) in [4.78, 5) is 17.8. The normalized spacial score (nSPS) is 12.0. The molecule has 0 aliphatic heterocycles. The summed E-state index contributed by atoms with van der Waals surface area (Å²) in [6, 6.07) is 15.9. The topological polar surface area (TPSA) is 65.1 Å². The average Bonchev–Trinajstić information content (AvgIpc) is 3.36. The van der Waals surface area contributed by atoms with Crippen molar-refractivity contribution in [3.63, 3.8) is 0 Å². The van der Waals surface area contributed by atoms with E-state index in [4.69, 9.17) is 4.98 Å². The predicted octanol–water partition coefficient (Wildman–Crippen LogP) is 4.99. The molecule has 0 N–H and O–H groups in total. The van der Waals surface area contributed by atoms with Gasteiger partial charge in [-0.25, -0.2) is 4.98 Å². The van der Waals surface area contributed by atoms with Crippen molar-refractivity contribution >= 4 is 50.0 Å². The summed E-state index contributed by atoms with van der Waals surface area (Å²) in [5.74, 6) is 1.81. The standard InChI is InChI=1S/C22H21N5OS2/c1-14(2)11-12-26-20(28)15-7-3-5-9-17(15)27-21(26)24-25-22(27)29-13-19-23-16-8-4-6-10-18(16)30-19/h3-10,14H,11-13H2,1-2H3. The molecule has 0 saturated carbocycles. The van der Waals surface area contributed by atoms with Gasteiger partial charge in [-0.15, -0.1) is 21.5 Å². The quantitative estimate of drug-likeness (QED) is 0.352. The maximum atomic E-state index is 13.1. The summed E-state index contributed by atoms with van der Waals surface area (Å²) in [5.41, 5.74) is 1.86. The molecule has 3 aromatic heterocycles. The second-order valence-electron chi connectivity index (χ2n) is 7.64. The first-order chi connectivity index (χ1) is 14.6. The van der Waals surface area contributed by atoms with E-state index in [1.807, 2.05) is 46.9 Å². The van der Waals surface area contributed by atoms with Crippen LogP contribution in [-0.4, -0.2) is 24.1 Å². The van der Waals surface area contributed by atoms with E-state index in [1.54, 1.807) is 27.7 Å². The molecule has 0 bridgehead atoms. The molecule has 0 unspecified atom stereocenters. The Bertz CT molecular complexity index is 1380. The Balaban J connectivity index is 1.58. The van der Waals surface area contributed by atoms with Crippen molar-refractivity contribution in [1.29, 1.82) is 0 Å². The monoisotopic (exact) mass is 435 g/mol. The van der Waals surface area contributed by atoms with Crippen molar-refractivity contribution in [3.05, 3.63) is 63.9 Å². The molecule has 0 saturated heterocycles. The minimum atomic E-state index is -0.00567. The van der Waals surface area contributed by atoms with Crippen molar-refractivity contribution in [2.24, 2.45) is 5.92 Å². The zero-order valence-electron chi connectivity index (χ0n) is 16.8. The zero-order chi connectivity index (χ0) is 20.7. The van der Waals surface area contributed by atoms with Gasteiger partial charge in [0.1, 0.15) is 5.01 Å². The highest BCUT2D eigenvalue weighted by atomic mass is 32.2. The van der Waals surface area contributed by atoms with E-state index in [9.17, 15) is 4.79 Å². The van der Waals surface area contributed by atoms with Crippen molar-refractivity contribution in [1.82, 2.24) is 24.1 Å². The van der Waals surface area contributed by atoms with Gasteiger partial charge in [0, 0.05) is 6.54 Å². The molecule has 0 fully saturated rings. The summed E-state index contributed by atoms with van der Waals surface area (Å²) in [6.45, 7) is 4.95. The van der Waals surface area contributed by atoms with Crippen LogP contribution in [0.4, 0.5) is 0 Å². The fraction of sp³-hybridized carbons (Fsp3) is 0.273. The van der Waals surface area contributed by atoms with Gasteiger partial charge in [0.25, 0.3) is 5.56 Å². The van der Waals surface area contributed by atoms with Crippen LogP contribution in [0.3, 0.4) is 0 Å². The number of hydrogen-bond donors (Lipinski definition) is 0. The SMILES string of the molecule is CC(C)CCn1c(=O)c2ccccc2n2c(SCc3nc4ccccc4s3)nnc12. The molecule has 0 aliphatic rings. The van der Waals surface area contributed by atoms with Gasteiger partial charge in [-0.3, -0.25) is 13.8 Å². The number of hydrogen-bond acceptors (Lipinski definition) is 6. The highest BCUT2D eigenvalue weighted by Crippen LogP contribution is 2.29. The number of benzene rings is 2. The minimum Gasteiger partial charge on any atom is -0.276 e. The van der Waals surface area contributed by atoms with Gasteiger partial charge in [-0.1, -0.05) is 49.9 Å². The molecule has 6 nitrogen and oxygen atoms in total. The molecule has 0 aliphatic carbocycles. The summed E-state index contributed by atoms with van der Waals surface area (Å²) in [6.07, 6.45) is 0.912. The first-order valence-electron chi connectivity index (χ1n) is 9.96. The summed E-state index contributed by atoms with van der Waals surface area (Å²) < 4.78 is 4.96. The van der Waals surface area contributed by atoms with Gasteiger partial charge in [-0.05, 0) is 36.6 Å². The second kappa shape index (κ2) is 7.85. The molecule has 0 amide bonds. The van der Waals surface area contributed by atoms with E-state index in [-0.39, 0.29) is 5.56 Å². The van der Waals surface area contributed by atoms with Crippen LogP contribution >= 0.6 is 23.1 Å². The highest BCUT2D eigenvalue weighted by Gasteiger charge is 2.17. The van der Waals surface area contributed by atoms with Gasteiger partial charge < -0.3 is 0 Å². The molecule has 152 valence electrons. The highest BCUT2D eigenvalue weighted by molar-refractivity contribution is 7.98. The lowest BCUT2D eigenvalue weighted by molar-refractivity contribution is 0.512.